The quantitative estimate of drug-likeness (QED) is 0.250. The lowest BCUT2D eigenvalue weighted by Gasteiger charge is -2.08. The summed E-state index contributed by atoms with van der Waals surface area (Å²) in [5, 5.41) is 5.12. The zero-order chi connectivity index (χ0) is 22.6. The number of halogens is 1. The van der Waals surface area contributed by atoms with Crippen LogP contribution in [0.4, 0.5) is 5.69 Å². The fourth-order valence-electron chi connectivity index (χ4n) is 2.93. The normalized spacial score (nSPS) is 11.5. The van der Waals surface area contributed by atoms with Gasteiger partial charge in [0.25, 0.3) is 15.9 Å². The molecule has 3 aromatic carbocycles. The summed E-state index contributed by atoms with van der Waals surface area (Å²) in [5.74, 6) is -0.455. The third-order valence-electron chi connectivity index (χ3n) is 4.53. The van der Waals surface area contributed by atoms with Gasteiger partial charge in [-0.3, -0.25) is 9.52 Å². The molecule has 0 aliphatic rings. The largest absolute Gasteiger partial charge is 0.280 e. The van der Waals surface area contributed by atoms with Crippen LogP contribution in [0.3, 0.4) is 0 Å². The van der Waals surface area contributed by atoms with Crippen LogP contribution in [0.2, 0.25) is 5.15 Å². The Balaban J connectivity index is 1.42. The summed E-state index contributed by atoms with van der Waals surface area (Å²) in [6, 6.07) is 23.4. The smallest absolute Gasteiger partial charge is 0.271 e. The highest BCUT2D eigenvalue weighted by molar-refractivity contribution is 7.92. The van der Waals surface area contributed by atoms with Gasteiger partial charge in [0.15, 0.2) is 0 Å². The van der Waals surface area contributed by atoms with Crippen LogP contribution in [0, 0.1) is 0 Å². The van der Waals surface area contributed by atoms with Crippen molar-refractivity contribution in [2.24, 2.45) is 5.10 Å². The number of nitrogens with one attached hydrogen (secondary N) is 2. The monoisotopic (exact) mass is 464 g/mol. The highest BCUT2D eigenvalue weighted by atomic mass is 35.5. The second-order valence-corrected chi connectivity index (χ2v) is 8.80. The number of pyridine rings is 1. The molecule has 9 heteroatoms. The molecule has 0 atom stereocenters. The predicted molar refractivity (Wildman–Crippen MR) is 126 cm³/mol. The number of amides is 1. The van der Waals surface area contributed by atoms with E-state index in [9.17, 15) is 13.2 Å². The first-order valence-electron chi connectivity index (χ1n) is 9.49. The molecule has 0 fully saturated rings. The number of carbonyl (C=O) groups excluding carboxylic acids is 1. The van der Waals surface area contributed by atoms with E-state index in [1.807, 2.05) is 30.3 Å². The van der Waals surface area contributed by atoms with E-state index in [4.69, 9.17) is 11.6 Å². The minimum absolute atomic E-state index is 0.151. The molecule has 32 heavy (non-hydrogen) atoms. The molecule has 2 N–H and O–H groups in total. The average Bonchev–Trinajstić information content (AvgIpc) is 2.80. The number of fused-ring (bicyclic) bond motifs is 1. The molecule has 0 aliphatic carbocycles. The number of para-hydroxylation sites is 1. The van der Waals surface area contributed by atoms with E-state index < -0.39 is 15.9 Å². The van der Waals surface area contributed by atoms with E-state index in [1.54, 1.807) is 18.2 Å². The Hall–Kier alpha value is -3.75. The van der Waals surface area contributed by atoms with Gasteiger partial charge in [-0.1, -0.05) is 48.0 Å². The van der Waals surface area contributed by atoms with Crippen LogP contribution in [0.1, 0.15) is 15.9 Å². The van der Waals surface area contributed by atoms with Crippen molar-refractivity contribution in [2.45, 2.75) is 4.90 Å². The van der Waals surface area contributed by atoms with Gasteiger partial charge < -0.3 is 0 Å². The maximum absolute atomic E-state index is 12.4. The summed E-state index contributed by atoms with van der Waals surface area (Å²) >= 11 is 6.18. The zero-order valence-corrected chi connectivity index (χ0v) is 18.1. The van der Waals surface area contributed by atoms with Crippen LogP contribution >= 0.6 is 11.6 Å². The van der Waals surface area contributed by atoms with Crippen LogP contribution in [0.5, 0.6) is 0 Å². The summed E-state index contributed by atoms with van der Waals surface area (Å²) in [7, 11) is -3.70. The van der Waals surface area contributed by atoms with E-state index in [0.29, 0.717) is 16.8 Å². The number of hydrogen-bond acceptors (Lipinski definition) is 5. The third kappa shape index (κ3) is 4.93. The van der Waals surface area contributed by atoms with Crippen molar-refractivity contribution in [3.05, 3.63) is 101 Å². The number of aromatic nitrogens is 1. The van der Waals surface area contributed by atoms with Gasteiger partial charge in [0.1, 0.15) is 5.15 Å². The molecule has 0 bridgehead atoms. The van der Waals surface area contributed by atoms with Crippen molar-refractivity contribution in [1.82, 2.24) is 10.4 Å². The van der Waals surface area contributed by atoms with Crippen LogP contribution in [-0.4, -0.2) is 25.5 Å². The predicted octanol–water partition coefficient (Wildman–Crippen LogP) is 4.45. The first-order chi connectivity index (χ1) is 15.4. The maximum atomic E-state index is 12.4. The molecule has 1 aromatic heterocycles. The molecule has 1 heterocycles. The van der Waals surface area contributed by atoms with Gasteiger partial charge in [-0.2, -0.15) is 5.10 Å². The molecule has 7 nitrogen and oxygen atoms in total. The lowest BCUT2D eigenvalue weighted by Crippen LogP contribution is -2.18. The van der Waals surface area contributed by atoms with Gasteiger partial charge >= 0.3 is 0 Å². The van der Waals surface area contributed by atoms with Crippen LogP contribution < -0.4 is 10.1 Å². The lowest BCUT2D eigenvalue weighted by molar-refractivity contribution is 0.0955. The summed E-state index contributed by atoms with van der Waals surface area (Å²) < 4.78 is 27.2. The number of sulfonamides is 1. The van der Waals surface area contributed by atoms with Gasteiger partial charge in [0, 0.05) is 22.2 Å². The molecule has 1 amide bonds. The summed E-state index contributed by atoms with van der Waals surface area (Å²) in [4.78, 5) is 16.8. The average molecular weight is 465 g/mol. The van der Waals surface area contributed by atoms with E-state index in [2.05, 4.69) is 20.2 Å². The van der Waals surface area contributed by atoms with E-state index >= 15 is 0 Å². The Kier molecular flexibility index (Phi) is 6.16. The SMILES string of the molecule is O=C(NN=Cc1cc2ccccc2nc1Cl)c1ccc(NS(=O)(=O)c2ccccc2)cc1. The first-order valence-corrected chi connectivity index (χ1v) is 11.4. The number of hydrogen-bond donors (Lipinski definition) is 2. The Morgan fingerprint density at radius 1 is 0.938 bits per heavy atom. The van der Waals surface area contributed by atoms with Crippen molar-refractivity contribution >= 4 is 50.3 Å². The molecule has 0 saturated heterocycles. The summed E-state index contributed by atoms with van der Waals surface area (Å²) in [6.07, 6.45) is 1.42. The second kappa shape index (κ2) is 9.17. The van der Waals surface area contributed by atoms with Crippen molar-refractivity contribution in [3.63, 3.8) is 0 Å². The summed E-state index contributed by atoms with van der Waals surface area (Å²) in [6.45, 7) is 0. The van der Waals surface area contributed by atoms with Gasteiger partial charge in [-0.05, 0) is 48.5 Å². The van der Waals surface area contributed by atoms with Gasteiger partial charge in [0.05, 0.1) is 16.6 Å². The minimum Gasteiger partial charge on any atom is -0.280 e. The minimum atomic E-state index is -3.70. The first kappa shape index (κ1) is 21.5. The van der Waals surface area contributed by atoms with Gasteiger partial charge in [0.2, 0.25) is 0 Å². The molecule has 0 spiro atoms. The highest BCUT2D eigenvalue weighted by Crippen LogP contribution is 2.19. The third-order valence-corrected chi connectivity index (χ3v) is 6.23. The Morgan fingerprint density at radius 3 is 2.38 bits per heavy atom. The molecular formula is C23H17ClN4O3S. The van der Waals surface area contributed by atoms with Crippen LogP contribution in [0.15, 0.2) is 94.9 Å². The number of anilines is 1. The number of rotatable bonds is 6. The van der Waals surface area contributed by atoms with Crippen molar-refractivity contribution in [3.8, 4) is 0 Å². The fraction of sp³-hybridized carbons (Fsp3) is 0. The van der Waals surface area contributed by atoms with E-state index in [0.717, 1.165) is 10.9 Å². The lowest BCUT2D eigenvalue weighted by atomic mass is 10.2. The second-order valence-electron chi connectivity index (χ2n) is 6.76. The van der Waals surface area contributed by atoms with Crippen molar-refractivity contribution in [1.29, 1.82) is 0 Å². The Labute approximate surface area is 189 Å². The number of carbonyl (C=O) groups is 1. The molecule has 4 rings (SSSR count). The van der Waals surface area contributed by atoms with Gasteiger partial charge in [-0.25, -0.2) is 18.8 Å². The standard InChI is InChI=1S/C23H17ClN4O3S/c24-22-18(14-17-6-4-5-9-21(17)26-22)15-25-27-23(29)16-10-12-19(13-11-16)28-32(30,31)20-7-2-1-3-8-20/h1-15,28H,(H,27,29). The van der Waals surface area contributed by atoms with E-state index in [1.165, 1.54) is 42.6 Å². The molecule has 0 aliphatic heterocycles. The molecular weight excluding hydrogens is 448 g/mol. The zero-order valence-electron chi connectivity index (χ0n) is 16.6. The topological polar surface area (TPSA) is 101 Å². The molecule has 160 valence electrons. The molecule has 4 aromatic rings. The molecule has 0 unspecified atom stereocenters. The van der Waals surface area contributed by atoms with E-state index in [-0.39, 0.29) is 10.0 Å². The van der Waals surface area contributed by atoms with Gasteiger partial charge in [-0.15, -0.1) is 0 Å². The highest BCUT2D eigenvalue weighted by Gasteiger charge is 2.14. The Bertz CT molecular complexity index is 1410. The number of nitrogens with zero attached hydrogens (tertiary/aromatic N) is 2. The number of hydrazone groups is 1. The maximum Gasteiger partial charge on any atom is 0.271 e. The molecule has 0 radical (unpaired) electrons. The number of benzene rings is 3. The fourth-order valence-corrected chi connectivity index (χ4v) is 4.20. The van der Waals surface area contributed by atoms with Crippen molar-refractivity contribution < 1.29 is 13.2 Å². The summed E-state index contributed by atoms with van der Waals surface area (Å²) in [5.41, 5.74) is 4.40. The Morgan fingerprint density at radius 2 is 1.62 bits per heavy atom. The molecule has 0 saturated carbocycles. The van der Waals surface area contributed by atoms with Crippen LogP contribution in [0.25, 0.3) is 10.9 Å². The van der Waals surface area contributed by atoms with Crippen molar-refractivity contribution in [2.75, 3.05) is 4.72 Å². The van der Waals surface area contributed by atoms with Crippen LogP contribution in [-0.2, 0) is 10.0 Å².